The first kappa shape index (κ1) is 21.8. The molecule has 6 heteroatoms. The van der Waals surface area contributed by atoms with E-state index in [1.165, 1.54) is 26.2 Å². The van der Waals surface area contributed by atoms with Gasteiger partial charge in [0.2, 0.25) is 0 Å². The van der Waals surface area contributed by atoms with Gasteiger partial charge in [0.1, 0.15) is 0 Å². The largest absolute Gasteiger partial charge is 0.329 e. The normalized spacial score (nSPS) is 18.2. The lowest BCUT2D eigenvalue weighted by molar-refractivity contribution is 0.0736. The first-order valence-electron chi connectivity index (χ1n) is 9.54. The van der Waals surface area contributed by atoms with Crippen LogP contribution in [0.4, 0.5) is 0 Å². The van der Waals surface area contributed by atoms with Crippen LogP contribution < -0.4 is 22.1 Å². The lowest BCUT2D eigenvalue weighted by Crippen LogP contribution is -2.53. The van der Waals surface area contributed by atoms with Gasteiger partial charge in [-0.05, 0) is 10.8 Å². The Bertz CT molecular complexity index is 291. The molecule has 0 atom stereocenters. The summed E-state index contributed by atoms with van der Waals surface area (Å²) in [5.41, 5.74) is 11.7. The fourth-order valence-corrected chi connectivity index (χ4v) is 3.49. The van der Waals surface area contributed by atoms with Gasteiger partial charge in [-0.15, -0.1) is 0 Å². The molecule has 1 rings (SSSR count). The molecular weight excluding hydrogens is 300 g/mol. The molecule has 6 nitrogen and oxygen atoms in total. The molecule has 1 saturated heterocycles. The molecule has 6 N–H and O–H groups in total. The van der Waals surface area contributed by atoms with Gasteiger partial charge < -0.3 is 31.9 Å². The fourth-order valence-electron chi connectivity index (χ4n) is 3.49. The molecule has 0 amide bonds. The molecule has 144 valence electrons. The van der Waals surface area contributed by atoms with E-state index in [9.17, 15) is 0 Å². The van der Waals surface area contributed by atoms with Crippen molar-refractivity contribution in [2.75, 3.05) is 78.5 Å². The molecule has 0 aliphatic carbocycles. The quantitative estimate of drug-likeness (QED) is 0.366. The second-order valence-electron chi connectivity index (χ2n) is 8.81. The van der Waals surface area contributed by atoms with Gasteiger partial charge in [-0.1, -0.05) is 27.7 Å². The van der Waals surface area contributed by atoms with Gasteiger partial charge in [0, 0.05) is 78.5 Å². The Morgan fingerprint density at radius 1 is 0.708 bits per heavy atom. The standard InChI is InChI=1S/C18H42N6/c1-17(2,13-21-7-5-19)15-23-9-11-24(12-10-23)16-18(3,4)14-22-8-6-20/h21-22H,5-16,19-20H2,1-4H3. The number of piperazine rings is 1. The van der Waals surface area contributed by atoms with E-state index in [1.54, 1.807) is 0 Å². The van der Waals surface area contributed by atoms with Crippen LogP contribution in [0.15, 0.2) is 0 Å². The monoisotopic (exact) mass is 342 g/mol. The molecule has 0 bridgehead atoms. The Labute approximate surface area is 149 Å². The zero-order chi connectivity index (χ0) is 18.1. The molecule has 0 aromatic rings. The minimum Gasteiger partial charge on any atom is -0.329 e. The molecule has 0 aromatic heterocycles. The van der Waals surface area contributed by atoms with Crippen molar-refractivity contribution < 1.29 is 0 Å². The van der Waals surface area contributed by atoms with Crippen LogP contribution in [-0.2, 0) is 0 Å². The van der Waals surface area contributed by atoms with Gasteiger partial charge in [-0.25, -0.2) is 0 Å². The molecule has 1 aliphatic rings. The van der Waals surface area contributed by atoms with Crippen molar-refractivity contribution in [1.82, 2.24) is 20.4 Å². The van der Waals surface area contributed by atoms with E-state index in [2.05, 4.69) is 48.1 Å². The van der Waals surface area contributed by atoms with Gasteiger partial charge >= 0.3 is 0 Å². The number of hydrogen-bond donors (Lipinski definition) is 4. The van der Waals surface area contributed by atoms with Crippen LogP contribution in [0.25, 0.3) is 0 Å². The van der Waals surface area contributed by atoms with Crippen LogP contribution in [0.5, 0.6) is 0 Å². The Balaban J connectivity index is 2.28. The van der Waals surface area contributed by atoms with E-state index >= 15 is 0 Å². The van der Waals surface area contributed by atoms with Crippen LogP contribution in [0.3, 0.4) is 0 Å². The van der Waals surface area contributed by atoms with Crippen molar-refractivity contribution in [3.05, 3.63) is 0 Å². The average molecular weight is 343 g/mol. The lowest BCUT2D eigenvalue weighted by atomic mass is 9.91. The summed E-state index contributed by atoms with van der Waals surface area (Å²) in [6, 6.07) is 0. The average Bonchev–Trinajstić information content (AvgIpc) is 2.49. The van der Waals surface area contributed by atoms with E-state index in [-0.39, 0.29) is 0 Å². The Kier molecular flexibility index (Phi) is 9.71. The summed E-state index contributed by atoms with van der Waals surface area (Å²) < 4.78 is 0. The van der Waals surface area contributed by atoms with Gasteiger partial charge in [0.15, 0.2) is 0 Å². The maximum atomic E-state index is 5.56. The van der Waals surface area contributed by atoms with Crippen LogP contribution in [0.2, 0.25) is 0 Å². The van der Waals surface area contributed by atoms with E-state index in [1.807, 2.05) is 0 Å². The molecule has 1 heterocycles. The molecule has 24 heavy (non-hydrogen) atoms. The molecule has 0 saturated carbocycles. The zero-order valence-electron chi connectivity index (χ0n) is 16.5. The van der Waals surface area contributed by atoms with Gasteiger partial charge in [-0.2, -0.15) is 0 Å². The molecule has 0 radical (unpaired) electrons. The summed E-state index contributed by atoms with van der Waals surface area (Å²) in [6.45, 7) is 21.7. The van der Waals surface area contributed by atoms with Crippen LogP contribution in [0.1, 0.15) is 27.7 Å². The molecule has 0 aromatic carbocycles. The number of rotatable bonds is 12. The second-order valence-corrected chi connectivity index (χ2v) is 8.81. The Morgan fingerprint density at radius 3 is 1.33 bits per heavy atom. The predicted molar refractivity (Wildman–Crippen MR) is 104 cm³/mol. The van der Waals surface area contributed by atoms with Crippen LogP contribution >= 0.6 is 0 Å². The van der Waals surface area contributed by atoms with Crippen LogP contribution in [0, 0.1) is 10.8 Å². The van der Waals surface area contributed by atoms with E-state index in [0.29, 0.717) is 23.9 Å². The summed E-state index contributed by atoms with van der Waals surface area (Å²) in [6.07, 6.45) is 0. The van der Waals surface area contributed by atoms with E-state index in [0.717, 1.165) is 39.3 Å². The van der Waals surface area contributed by atoms with Crippen molar-refractivity contribution in [3.8, 4) is 0 Å². The third-order valence-electron chi connectivity index (χ3n) is 4.62. The highest BCUT2D eigenvalue weighted by Gasteiger charge is 2.27. The summed E-state index contributed by atoms with van der Waals surface area (Å²) in [7, 11) is 0. The SMILES string of the molecule is CC(C)(CNCCN)CN1CCN(CC(C)(C)CNCCN)CC1. The summed E-state index contributed by atoms with van der Waals surface area (Å²) in [5, 5.41) is 6.90. The van der Waals surface area contributed by atoms with Gasteiger partial charge in [0.05, 0.1) is 0 Å². The summed E-state index contributed by atoms with van der Waals surface area (Å²) >= 11 is 0. The highest BCUT2D eigenvalue weighted by Crippen LogP contribution is 2.20. The molecule has 1 fully saturated rings. The summed E-state index contributed by atoms with van der Waals surface area (Å²) in [4.78, 5) is 5.22. The van der Waals surface area contributed by atoms with Gasteiger partial charge in [0.25, 0.3) is 0 Å². The number of nitrogens with one attached hydrogen (secondary N) is 2. The molecular formula is C18H42N6. The molecule has 1 aliphatic heterocycles. The predicted octanol–water partition coefficient (Wildman–Crippen LogP) is -0.247. The van der Waals surface area contributed by atoms with E-state index < -0.39 is 0 Å². The van der Waals surface area contributed by atoms with Crippen molar-refractivity contribution >= 4 is 0 Å². The Morgan fingerprint density at radius 2 is 1.04 bits per heavy atom. The van der Waals surface area contributed by atoms with E-state index in [4.69, 9.17) is 11.5 Å². The minimum absolute atomic E-state index is 0.294. The van der Waals surface area contributed by atoms with Crippen LogP contribution in [-0.4, -0.2) is 88.3 Å². The van der Waals surface area contributed by atoms with Gasteiger partial charge in [-0.3, -0.25) is 0 Å². The Hall–Kier alpha value is -0.240. The van der Waals surface area contributed by atoms with Crippen molar-refractivity contribution in [3.63, 3.8) is 0 Å². The summed E-state index contributed by atoms with van der Waals surface area (Å²) in [5.74, 6) is 0. The molecule has 0 unspecified atom stereocenters. The number of nitrogens with zero attached hydrogens (tertiary/aromatic N) is 2. The first-order chi connectivity index (χ1) is 11.3. The highest BCUT2D eigenvalue weighted by molar-refractivity contribution is 4.83. The smallest absolute Gasteiger partial charge is 0.0110 e. The van der Waals surface area contributed by atoms with Crippen molar-refractivity contribution in [2.45, 2.75) is 27.7 Å². The van der Waals surface area contributed by atoms with Crippen molar-refractivity contribution in [2.24, 2.45) is 22.3 Å². The van der Waals surface area contributed by atoms with Crippen molar-refractivity contribution in [1.29, 1.82) is 0 Å². The topological polar surface area (TPSA) is 82.6 Å². The second kappa shape index (κ2) is 10.7. The number of nitrogens with two attached hydrogens (primary N) is 2. The zero-order valence-corrected chi connectivity index (χ0v) is 16.5. The maximum absolute atomic E-state index is 5.56. The lowest BCUT2D eigenvalue weighted by Gasteiger charge is -2.41. The minimum atomic E-state index is 0.294. The number of hydrogen-bond acceptors (Lipinski definition) is 6. The third kappa shape index (κ3) is 9.30. The first-order valence-corrected chi connectivity index (χ1v) is 9.54. The molecule has 0 spiro atoms. The highest BCUT2D eigenvalue weighted by atomic mass is 15.3. The third-order valence-corrected chi connectivity index (χ3v) is 4.62. The maximum Gasteiger partial charge on any atom is 0.0110 e. The fraction of sp³-hybridized carbons (Fsp3) is 1.00.